The first-order chi connectivity index (χ1) is 41.6. The first kappa shape index (κ1) is 61.4. The number of benzene rings is 2. The van der Waals surface area contributed by atoms with Crippen LogP contribution in [0.3, 0.4) is 0 Å². The molecule has 16 heteroatoms. The number of aromatic nitrogens is 12. The third kappa shape index (κ3) is 12.4. The predicted octanol–water partition coefficient (Wildman–Crippen LogP) is 17.3. The van der Waals surface area contributed by atoms with Gasteiger partial charge >= 0.3 is 0 Å². The average Bonchev–Trinajstić information content (AvgIpc) is 2.80. The summed E-state index contributed by atoms with van der Waals surface area (Å²) in [5.74, 6) is 1.02. The van der Waals surface area contributed by atoms with Crippen molar-refractivity contribution in [1.29, 1.82) is 0 Å². The molecular weight excluding hydrogens is 1120 g/mol. The Kier molecular flexibility index (Phi) is 18.1. The largest absolute Gasteiger partial charge is 0.463 e. The molecule has 13 heterocycles. The Morgan fingerprint density at radius 3 is 1.78 bits per heavy atom. The molecule has 0 N–H and O–H groups in total. The van der Waals surface area contributed by atoms with Gasteiger partial charge in [-0.2, -0.15) is 0 Å². The molecule has 0 spiro atoms. The summed E-state index contributed by atoms with van der Waals surface area (Å²) in [4.78, 5) is 14.3. The van der Waals surface area contributed by atoms with Crippen LogP contribution in [0.5, 0.6) is 0 Å². The van der Waals surface area contributed by atoms with Crippen molar-refractivity contribution in [1.82, 2.24) is 56.1 Å². The van der Waals surface area contributed by atoms with Gasteiger partial charge in [-0.15, -0.1) is 22.7 Å². The van der Waals surface area contributed by atoms with Crippen LogP contribution in [-0.4, -0.2) is 56.1 Å². The molecule has 0 atom stereocenters. The van der Waals surface area contributed by atoms with Crippen LogP contribution in [0, 0.1) is 69.2 Å². The van der Waals surface area contributed by atoms with Gasteiger partial charge < -0.3 is 49.9 Å². The van der Waals surface area contributed by atoms with E-state index in [0.29, 0.717) is 0 Å². The van der Waals surface area contributed by atoms with E-state index in [0.717, 1.165) is 44.9 Å². The highest BCUT2D eigenvalue weighted by atomic mass is 32.1. The molecule has 452 valence electrons. The van der Waals surface area contributed by atoms with Gasteiger partial charge in [0.2, 0.25) is 5.71 Å². The molecule has 87 heavy (non-hydrogen) atoms. The molecule has 0 saturated heterocycles. The van der Waals surface area contributed by atoms with E-state index in [2.05, 4.69) is 222 Å². The Morgan fingerprint density at radius 2 is 1.10 bits per heavy atom. The second-order valence-corrected chi connectivity index (χ2v) is 25.0. The quantitative estimate of drug-likeness (QED) is 0.171. The molecular formula is C71H84N12O2S2. The van der Waals surface area contributed by atoms with Gasteiger partial charge in [-0.25, -0.2) is 15.0 Å². The predicted molar refractivity (Wildman–Crippen MR) is 364 cm³/mol. The molecule has 1 aliphatic carbocycles. The van der Waals surface area contributed by atoms with Crippen LogP contribution in [0.2, 0.25) is 0 Å². The zero-order valence-corrected chi connectivity index (χ0v) is 55.7. The average molecular weight is 1200 g/mol. The number of hydrogen-bond donors (Lipinski definition) is 0. The molecule has 0 radical (unpaired) electrons. The summed E-state index contributed by atoms with van der Waals surface area (Å²) in [5, 5.41) is 3.49. The first-order valence-corrected chi connectivity index (χ1v) is 31.5. The lowest BCUT2D eigenvalue weighted by molar-refractivity contribution is 0.570. The lowest BCUT2D eigenvalue weighted by Crippen LogP contribution is -2.05. The molecule has 14 nitrogen and oxygen atoms in total. The van der Waals surface area contributed by atoms with Crippen molar-refractivity contribution in [3.05, 3.63) is 201 Å². The highest BCUT2D eigenvalue weighted by Gasteiger charge is 2.17. The smallest absolute Gasteiger partial charge is 0.227 e. The molecule has 0 fully saturated rings. The van der Waals surface area contributed by atoms with Gasteiger partial charge in [0.25, 0.3) is 0 Å². The Morgan fingerprint density at radius 1 is 0.471 bits per heavy atom. The maximum absolute atomic E-state index is 5.20. The van der Waals surface area contributed by atoms with Gasteiger partial charge in [-0.3, -0.25) is 0 Å². The van der Waals surface area contributed by atoms with E-state index in [1.165, 1.54) is 126 Å². The van der Waals surface area contributed by atoms with Crippen LogP contribution >= 0.6 is 22.7 Å². The molecule has 1 aliphatic rings. The molecule has 13 aromatic heterocycles. The fourth-order valence-corrected chi connectivity index (χ4v) is 13.5. The van der Waals surface area contributed by atoms with Crippen molar-refractivity contribution in [2.75, 3.05) is 0 Å². The monoisotopic (exact) mass is 1200 g/mol. The van der Waals surface area contributed by atoms with Gasteiger partial charge in [0, 0.05) is 131 Å². The number of fused-ring (bicyclic) bond motifs is 7. The number of aryl methyl sites for hydroxylation is 18. The van der Waals surface area contributed by atoms with Crippen molar-refractivity contribution in [3.63, 3.8) is 0 Å². The lowest BCUT2D eigenvalue weighted by atomic mass is 9.98. The van der Waals surface area contributed by atoms with Crippen molar-refractivity contribution in [2.24, 2.45) is 56.4 Å². The second-order valence-electron chi connectivity index (χ2n) is 23.2. The third-order valence-electron chi connectivity index (χ3n) is 17.5. The molecule has 15 aromatic rings. The first-order valence-electron chi connectivity index (χ1n) is 29.7. The summed E-state index contributed by atoms with van der Waals surface area (Å²) in [7, 11) is 16.6. The number of para-hydroxylation sites is 1. The number of hydrogen-bond acceptors (Lipinski definition) is 7. The summed E-state index contributed by atoms with van der Waals surface area (Å²) in [6.07, 6.45) is 8.53. The van der Waals surface area contributed by atoms with E-state index in [1.54, 1.807) is 40.2 Å². The summed E-state index contributed by atoms with van der Waals surface area (Å²) < 4.78 is 31.3. The summed E-state index contributed by atoms with van der Waals surface area (Å²) in [6.45, 7) is 21.3. The van der Waals surface area contributed by atoms with Crippen LogP contribution in [0.25, 0.3) is 82.2 Å². The van der Waals surface area contributed by atoms with E-state index >= 15 is 0 Å². The fraction of sp³-hybridized carbons (Fsp3) is 0.310. The lowest BCUT2D eigenvalue weighted by Gasteiger charge is -2.14. The third-order valence-corrected chi connectivity index (χ3v) is 19.3. The number of oxazole rings is 1. The summed E-state index contributed by atoms with van der Waals surface area (Å²) >= 11 is 3.49. The minimum Gasteiger partial charge on any atom is -0.463 e. The van der Waals surface area contributed by atoms with Crippen LogP contribution in [-0.2, 0) is 69.2 Å². The standard InChI is InChI=1S/C17H20N2.C14H15N3.C10H15N.C8H9NO.C8H9NS.C7H8N2O.C7H8N2S/c1-11-7-6-8-12(2)17(11)19-14(4)10-15-16(19)9-13(3)18(15)5;1-10-9-12-14(16(10)2)17(3)13(15-12)11-7-5-4-6-8-11;1-8-7-9-5-3-4-6-10(9)11(8)2;1-6-5-8-7(9(6)2)3-4-10-8;1-6-5-7-3-4-10-8(7)9(6)2;1-5-3-6-7(9(5)2)10-4-8-6;1-5-3-6-7(9(5)2)8-4-10-6/h6-10H,1-5H3;4-9H,1-3H3;7H,3-6H2,1-2H3;2*3-5H,1-2H3;2*3-4H,1-2H3. The van der Waals surface area contributed by atoms with Gasteiger partial charge in [-0.05, 0) is 166 Å². The second kappa shape index (κ2) is 25.7. The van der Waals surface area contributed by atoms with Gasteiger partial charge in [0.05, 0.1) is 38.7 Å². The maximum atomic E-state index is 5.20. The SMILES string of the molecule is Cc1cc2c(n1C)CCCC2.Cc1cc2ccsc2n1C.Cc1cc2nc(-c3ccccc3)n(C)c2n1C.Cc1cc2ncoc2n1C.Cc1cc2occc2n1C.Cc1cc2scnc2n1C.Cc1cccc(C)c1-n1c(C)cc2c1cc(C)n2C. The number of furan rings is 1. The molecule has 0 amide bonds. The Balaban J connectivity index is 0.000000114. The zero-order chi connectivity index (χ0) is 62.1. The fourth-order valence-electron chi connectivity index (χ4n) is 11.8. The van der Waals surface area contributed by atoms with Crippen LogP contribution in [0.4, 0.5) is 0 Å². The number of rotatable bonds is 2. The van der Waals surface area contributed by atoms with Crippen LogP contribution in [0.1, 0.15) is 80.8 Å². The van der Waals surface area contributed by atoms with Crippen LogP contribution in [0.15, 0.2) is 142 Å². The molecule has 2 aromatic carbocycles. The summed E-state index contributed by atoms with van der Waals surface area (Å²) in [5.41, 5.74) is 30.3. The number of imidazole rings is 1. The van der Waals surface area contributed by atoms with Crippen molar-refractivity contribution < 1.29 is 8.83 Å². The molecule has 0 saturated carbocycles. The minimum absolute atomic E-state index is 0.845. The van der Waals surface area contributed by atoms with Crippen molar-refractivity contribution >= 4 is 87.8 Å². The van der Waals surface area contributed by atoms with Crippen molar-refractivity contribution in [3.8, 4) is 17.1 Å². The Labute approximate surface area is 518 Å². The Bertz CT molecular complexity index is 4510. The van der Waals surface area contributed by atoms with Gasteiger partial charge in [0.1, 0.15) is 27.3 Å². The topological polar surface area (TPSA) is 109 Å². The van der Waals surface area contributed by atoms with E-state index < -0.39 is 0 Å². The Hall–Kier alpha value is -8.73. The maximum Gasteiger partial charge on any atom is 0.227 e. The van der Waals surface area contributed by atoms with E-state index in [4.69, 9.17) is 13.8 Å². The zero-order valence-electron chi connectivity index (χ0n) is 54.0. The molecule has 0 unspecified atom stereocenters. The minimum atomic E-state index is 0.845. The highest BCUT2D eigenvalue weighted by Crippen LogP contribution is 2.31. The van der Waals surface area contributed by atoms with Crippen LogP contribution < -0.4 is 0 Å². The van der Waals surface area contributed by atoms with E-state index in [1.807, 2.05) is 74.5 Å². The van der Waals surface area contributed by atoms with Gasteiger partial charge in [-0.1, -0.05) is 48.5 Å². The number of thiophene rings is 1. The van der Waals surface area contributed by atoms with Crippen molar-refractivity contribution in [2.45, 2.75) is 94.9 Å². The molecule has 0 bridgehead atoms. The normalized spacial score (nSPS) is 11.8. The number of thiazole rings is 1. The van der Waals surface area contributed by atoms with Gasteiger partial charge in [0.15, 0.2) is 17.6 Å². The highest BCUT2D eigenvalue weighted by molar-refractivity contribution is 7.17. The summed E-state index contributed by atoms with van der Waals surface area (Å²) in [6, 6.07) is 38.3. The van der Waals surface area contributed by atoms with E-state index in [-0.39, 0.29) is 0 Å². The van der Waals surface area contributed by atoms with E-state index in [9.17, 15) is 0 Å². The molecule has 0 aliphatic heterocycles. The number of nitrogens with zero attached hydrogens (tertiary/aromatic N) is 12. The molecule has 16 rings (SSSR count).